The van der Waals surface area contributed by atoms with Gasteiger partial charge in [0.1, 0.15) is 17.9 Å². The monoisotopic (exact) mass is 410 g/mol. The van der Waals surface area contributed by atoms with E-state index in [-0.39, 0.29) is 24.4 Å². The number of nitrogens with two attached hydrogens (primary N) is 1. The van der Waals surface area contributed by atoms with Gasteiger partial charge >= 0.3 is 6.03 Å². The summed E-state index contributed by atoms with van der Waals surface area (Å²) in [6.07, 6.45) is 3.64. The second-order valence-corrected chi connectivity index (χ2v) is 8.64. The molecule has 152 valence electrons. The molecule has 2 bridgehead atoms. The van der Waals surface area contributed by atoms with Crippen LogP contribution in [0.25, 0.3) is 0 Å². The first kappa shape index (κ1) is 19.6. The van der Waals surface area contributed by atoms with E-state index >= 15 is 0 Å². The minimum Gasteiger partial charge on any atom is -0.358 e. The van der Waals surface area contributed by atoms with Crippen molar-refractivity contribution in [2.45, 2.75) is 49.3 Å². The quantitative estimate of drug-likeness (QED) is 0.800. The molecule has 0 spiro atoms. The van der Waals surface area contributed by atoms with Gasteiger partial charge in [-0.05, 0) is 37.8 Å². The molecular weight excluding hydrogens is 386 g/mol. The maximum absolute atomic E-state index is 14.2. The molecular formula is C19H24F2N4O2S. The fourth-order valence-electron chi connectivity index (χ4n) is 4.42. The Bertz CT molecular complexity index is 757. The van der Waals surface area contributed by atoms with Gasteiger partial charge in [-0.25, -0.2) is 13.6 Å². The third-order valence-corrected chi connectivity index (χ3v) is 6.84. The molecule has 2 amide bonds. The summed E-state index contributed by atoms with van der Waals surface area (Å²) in [5, 5.41) is 3.88. The van der Waals surface area contributed by atoms with Crippen molar-refractivity contribution in [3.05, 3.63) is 29.8 Å². The van der Waals surface area contributed by atoms with Crippen LogP contribution in [0.2, 0.25) is 0 Å². The number of carbonyl (C=O) groups is 1. The van der Waals surface area contributed by atoms with Crippen molar-refractivity contribution in [1.29, 1.82) is 0 Å². The number of benzene rings is 1. The van der Waals surface area contributed by atoms with Crippen LogP contribution in [-0.2, 0) is 4.74 Å². The van der Waals surface area contributed by atoms with Gasteiger partial charge in [-0.15, -0.1) is 11.8 Å². The lowest BCUT2D eigenvalue weighted by Crippen LogP contribution is -2.50. The predicted octanol–water partition coefficient (Wildman–Crippen LogP) is 2.87. The van der Waals surface area contributed by atoms with E-state index in [1.165, 1.54) is 6.07 Å². The molecule has 1 saturated heterocycles. The molecule has 2 fully saturated rings. The van der Waals surface area contributed by atoms with Gasteiger partial charge in [0.15, 0.2) is 0 Å². The Morgan fingerprint density at radius 2 is 2.25 bits per heavy atom. The largest absolute Gasteiger partial charge is 0.358 e. The topological polar surface area (TPSA) is 80.0 Å². The van der Waals surface area contributed by atoms with Gasteiger partial charge in [-0.3, -0.25) is 15.2 Å². The lowest BCUT2D eigenvalue weighted by Gasteiger charge is -2.32. The third kappa shape index (κ3) is 4.16. The van der Waals surface area contributed by atoms with E-state index < -0.39 is 23.9 Å². The fraction of sp³-hybridized carbons (Fsp3) is 0.579. The number of primary amides is 1. The molecule has 1 aromatic rings. The maximum Gasteiger partial charge on any atom is 0.319 e. The summed E-state index contributed by atoms with van der Waals surface area (Å²) in [5.41, 5.74) is 7.36. The van der Waals surface area contributed by atoms with Gasteiger partial charge in [-0.2, -0.15) is 0 Å². The summed E-state index contributed by atoms with van der Waals surface area (Å²) in [5.74, 6) is -1.16. The van der Waals surface area contributed by atoms with Crippen LogP contribution in [-0.4, -0.2) is 48.3 Å². The third-order valence-electron chi connectivity index (χ3n) is 5.72. The second kappa shape index (κ2) is 8.34. The zero-order valence-corrected chi connectivity index (χ0v) is 16.2. The summed E-state index contributed by atoms with van der Waals surface area (Å²) < 4.78 is 33.8. The van der Waals surface area contributed by atoms with E-state index in [1.54, 1.807) is 11.8 Å². The van der Waals surface area contributed by atoms with E-state index in [4.69, 9.17) is 10.5 Å². The number of nitrogens with one attached hydrogen (secondary N) is 1. The lowest BCUT2D eigenvalue weighted by molar-refractivity contribution is -0.0471. The van der Waals surface area contributed by atoms with Crippen molar-refractivity contribution < 1.29 is 18.3 Å². The normalized spacial score (nSPS) is 32.1. The number of anilines is 1. The van der Waals surface area contributed by atoms with Crippen LogP contribution in [0, 0.1) is 17.6 Å². The average molecular weight is 410 g/mol. The van der Waals surface area contributed by atoms with Crippen molar-refractivity contribution in [2.24, 2.45) is 16.6 Å². The van der Waals surface area contributed by atoms with Crippen LogP contribution in [0.5, 0.6) is 0 Å². The van der Waals surface area contributed by atoms with Crippen molar-refractivity contribution >= 4 is 29.0 Å². The molecule has 3 N–H and O–H groups in total. The maximum atomic E-state index is 14.2. The molecule has 3 aliphatic rings. The highest BCUT2D eigenvalue weighted by molar-refractivity contribution is 8.12. The van der Waals surface area contributed by atoms with Gasteiger partial charge in [0, 0.05) is 23.3 Å². The van der Waals surface area contributed by atoms with Crippen LogP contribution in [0.3, 0.4) is 0 Å². The zero-order chi connectivity index (χ0) is 19.7. The Hall–Kier alpha value is -1.71. The second-order valence-electron chi connectivity index (χ2n) is 7.55. The van der Waals surface area contributed by atoms with Crippen molar-refractivity contribution in [2.75, 3.05) is 18.0 Å². The van der Waals surface area contributed by atoms with Gasteiger partial charge in [0.2, 0.25) is 0 Å². The van der Waals surface area contributed by atoms with E-state index in [2.05, 4.69) is 10.3 Å². The van der Waals surface area contributed by atoms with Crippen LogP contribution in [0.15, 0.2) is 23.2 Å². The van der Waals surface area contributed by atoms with Crippen molar-refractivity contribution in [3.8, 4) is 0 Å². The fourth-order valence-corrected chi connectivity index (χ4v) is 5.41. The first-order valence-electron chi connectivity index (χ1n) is 9.58. The molecule has 28 heavy (non-hydrogen) atoms. The summed E-state index contributed by atoms with van der Waals surface area (Å²) in [6, 6.07) is 2.53. The number of hydrogen-bond acceptors (Lipinski definition) is 5. The summed E-state index contributed by atoms with van der Waals surface area (Å²) in [6.45, 7) is 0.868. The Balaban J connectivity index is 1.52. The Kier molecular flexibility index (Phi) is 5.84. The molecule has 2 aliphatic heterocycles. The highest BCUT2D eigenvalue weighted by Crippen LogP contribution is 2.38. The number of ether oxygens (including phenoxy) is 1. The standard InChI is InChI=1S/C19H24F2N4O2S/c20-11-4-5-15(14(21)6-11)25(19(22)26)9-18-24-12-2-1-3-16(27-18)13(7-12)17-8-23-10-28-17/h4-6,10,12-13,16-18,24H,1-3,7-9H2,(H2,22,26). The number of hydrogen-bond donors (Lipinski definition) is 2. The lowest BCUT2D eigenvalue weighted by atomic mass is 9.92. The van der Waals surface area contributed by atoms with E-state index in [1.807, 2.05) is 5.55 Å². The molecule has 0 radical (unpaired) electrons. The number of carbonyl (C=O) groups excluding carboxylic acids is 1. The highest BCUT2D eigenvalue weighted by Gasteiger charge is 2.41. The molecule has 2 heterocycles. The first-order chi connectivity index (χ1) is 13.5. The summed E-state index contributed by atoms with van der Waals surface area (Å²) in [7, 11) is 0. The number of aliphatic imine (C=N–C) groups is 1. The number of rotatable bonds is 4. The minimum atomic E-state index is -0.829. The first-order valence-corrected chi connectivity index (χ1v) is 10.5. The molecule has 6 nitrogen and oxygen atoms in total. The Morgan fingerprint density at radius 3 is 2.96 bits per heavy atom. The van der Waals surface area contributed by atoms with E-state index in [9.17, 15) is 13.6 Å². The molecule has 5 unspecified atom stereocenters. The van der Waals surface area contributed by atoms with Gasteiger partial charge in [-0.1, -0.05) is 0 Å². The highest BCUT2D eigenvalue weighted by atomic mass is 32.2. The number of thioether (sulfide) groups is 1. The molecule has 1 aromatic carbocycles. The summed E-state index contributed by atoms with van der Waals surface area (Å²) >= 11 is 1.76. The number of nitrogens with zero attached hydrogens (tertiary/aromatic N) is 2. The molecule has 9 heteroatoms. The molecule has 5 atom stereocenters. The molecule has 4 rings (SSSR count). The molecule has 1 saturated carbocycles. The number of urea groups is 1. The average Bonchev–Trinajstić information content (AvgIpc) is 3.02. The van der Waals surface area contributed by atoms with Crippen LogP contribution < -0.4 is 16.0 Å². The van der Waals surface area contributed by atoms with Crippen molar-refractivity contribution in [1.82, 2.24) is 5.32 Å². The molecule has 1 aliphatic carbocycles. The van der Waals surface area contributed by atoms with Crippen LogP contribution in [0.4, 0.5) is 19.3 Å². The number of fused-ring (bicyclic) bond motifs is 3. The predicted molar refractivity (Wildman–Crippen MR) is 106 cm³/mol. The minimum absolute atomic E-state index is 0.0509. The Labute approximate surface area is 166 Å². The number of amides is 2. The number of halogens is 2. The van der Waals surface area contributed by atoms with Gasteiger partial charge in [0.05, 0.1) is 30.4 Å². The smallest absolute Gasteiger partial charge is 0.319 e. The van der Waals surface area contributed by atoms with Gasteiger partial charge < -0.3 is 10.5 Å². The van der Waals surface area contributed by atoms with E-state index in [0.717, 1.165) is 49.3 Å². The van der Waals surface area contributed by atoms with Crippen molar-refractivity contribution in [3.63, 3.8) is 0 Å². The van der Waals surface area contributed by atoms with Gasteiger partial charge in [0.25, 0.3) is 0 Å². The summed E-state index contributed by atoms with van der Waals surface area (Å²) in [4.78, 5) is 17.5. The zero-order valence-electron chi connectivity index (χ0n) is 15.4. The molecule has 0 aromatic heterocycles. The van der Waals surface area contributed by atoms with E-state index in [0.29, 0.717) is 11.2 Å². The SMILES string of the molecule is NC(=O)N(CC1NC2CCCC(O1)C(C1CN=CS1)C2)c1ccc(F)cc1F. The van der Waals surface area contributed by atoms with Crippen LogP contribution >= 0.6 is 11.8 Å². The van der Waals surface area contributed by atoms with Crippen LogP contribution in [0.1, 0.15) is 25.7 Å². The Morgan fingerprint density at radius 1 is 1.39 bits per heavy atom.